The molecule has 2 heterocycles. The number of carbonyl (C=O) groups is 2. The van der Waals surface area contributed by atoms with Gasteiger partial charge in [0.15, 0.2) is 0 Å². The second-order valence-electron chi connectivity index (χ2n) is 8.74. The summed E-state index contributed by atoms with van der Waals surface area (Å²) in [5, 5.41) is 3.03. The van der Waals surface area contributed by atoms with Gasteiger partial charge in [-0.05, 0) is 43.6 Å². The van der Waals surface area contributed by atoms with Crippen LogP contribution in [0.3, 0.4) is 0 Å². The van der Waals surface area contributed by atoms with Crippen molar-refractivity contribution >= 4 is 11.8 Å². The Morgan fingerprint density at radius 1 is 1.18 bits per heavy atom. The first-order valence-corrected chi connectivity index (χ1v) is 10.7. The fraction of sp³-hybridized carbons (Fsp3) is 0.652. The molecule has 28 heavy (non-hydrogen) atoms. The van der Waals surface area contributed by atoms with E-state index in [4.69, 9.17) is 4.74 Å². The van der Waals surface area contributed by atoms with E-state index in [1.807, 2.05) is 35.2 Å². The first-order chi connectivity index (χ1) is 13.5. The average Bonchev–Trinajstić information content (AvgIpc) is 3.08. The van der Waals surface area contributed by atoms with Crippen molar-refractivity contribution in [3.8, 4) is 0 Å². The maximum Gasteiger partial charge on any atom is 0.226 e. The molecule has 1 aromatic rings. The van der Waals surface area contributed by atoms with Crippen LogP contribution in [-0.4, -0.2) is 48.1 Å². The van der Waals surface area contributed by atoms with Crippen molar-refractivity contribution in [1.29, 1.82) is 0 Å². The molecule has 2 saturated heterocycles. The number of hydrogen-bond acceptors (Lipinski definition) is 3. The zero-order valence-corrected chi connectivity index (χ0v) is 17.3. The van der Waals surface area contributed by atoms with Gasteiger partial charge >= 0.3 is 0 Å². The number of amides is 2. The lowest BCUT2D eigenvalue weighted by molar-refractivity contribution is -0.137. The molecule has 2 fully saturated rings. The smallest absolute Gasteiger partial charge is 0.226 e. The van der Waals surface area contributed by atoms with Gasteiger partial charge in [-0.15, -0.1) is 0 Å². The summed E-state index contributed by atoms with van der Waals surface area (Å²) < 4.78 is 6.36. The highest BCUT2D eigenvalue weighted by atomic mass is 16.5. The van der Waals surface area contributed by atoms with E-state index in [1.165, 1.54) is 0 Å². The number of likely N-dealkylation sites (tertiary alicyclic amines) is 1. The number of rotatable bonds is 7. The maximum atomic E-state index is 12.6. The van der Waals surface area contributed by atoms with Crippen LogP contribution in [0.4, 0.5) is 0 Å². The minimum Gasteiger partial charge on any atom is -0.370 e. The fourth-order valence-corrected chi connectivity index (χ4v) is 4.19. The quantitative estimate of drug-likeness (QED) is 0.782. The van der Waals surface area contributed by atoms with Gasteiger partial charge in [0.2, 0.25) is 11.8 Å². The van der Waals surface area contributed by atoms with Crippen LogP contribution >= 0.6 is 0 Å². The van der Waals surface area contributed by atoms with Gasteiger partial charge < -0.3 is 15.0 Å². The van der Waals surface area contributed by atoms with Gasteiger partial charge in [0, 0.05) is 26.1 Å². The predicted octanol–water partition coefficient (Wildman–Crippen LogP) is 3.32. The molecule has 0 saturated carbocycles. The summed E-state index contributed by atoms with van der Waals surface area (Å²) >= 11 is 0. The average molecular weight is 387 g/mol. The van der Waals surface area contributed by atoms with Crippen molar-refractivity contribution in [1.82, 2.24) is 10.2 Å². The Morgan fingerprint density at radius 2 is 1.89 bits per heavy atom. The van der Waals surface area contributed by atoms with Crippen LogP contribution in [0.25, 0.3) is 0 Å². The Balaban J connectivity index is 1.39. The Morgan fingerprint density at radius 3 is 2.57 bits per heavy atom. The second-order valence-corrected chi connectivity index (χ2v) is 8.74. The molecule has 1 atom stereocenters. The molecule has 2 aliphatic rings. The van der Waals surface area contributed by atoms with Crippen LogP contribution in [-0.2, 0) is 20.7 Å². The van der Waals surface area contributed by atoms with Crippen LogP contribution in [0.15, 0.2) is 30.3 Å². The van der Waals surface area contributed by atoms with E-state index < -0.39 is 0 Å². The third-order valence-electron chi connectivity index (χ3n) is 6.04. The zero-order valence-electron chi connectivity index (χ0n) is 17.3. The third-order valence-corrected chi connectivity index (χ3v) is 6.04. The molecule has 0 aromatic heterocycles. The summed E-state index contributed by atoms with van der Waals surface area (Å²) in [5.74, 6) is 0.874. The zero-order chi connectivity index (χ0) is 20.0. The molecule has 2 aliphatic heterocycles. The number of nitrogens with zero attached hydrogens (tertiary/aromatic N) is 1. The SMILES string of the molecule is CC(C)CCC(=O)NCC1CCC2(CCN(C(=O)Cc3ccccc3)CC2)O1. The minimum absolute atomic E-state index is 0.100. The van der Waals surface area contributed by atoms with E-state index in [9.17, 15) is 9.59 Å². The molecule has 1 aromatic carbocycles. The monoisotopic (exact) mass is 386 g/mol. The largest absolute Gasteiger partial charge is 0.370 e. The molecule has 5 heteroatoms. The van der Waals surface area contributed by atoms with E-state index >= 15 is 0 Å². The Hall–Kier alpha value is -1.88. The van der Waals surface area contributed by atoms with Gasteiger partial charge in [-0.25, -0.2) is 0 Å². The third kappa shape index (κ3) is 5.81. The molecule has 0 radical (unpaired) electrons. The molecule has 0 bridgehead atoms. The van der Waals surface area contributed by atoms with Crippen molar-refractivity contribution in [2.45, 2.75) is 70.5 Å². The van der Waals surface area contributed by atoms with Crippen LogP contribution in [0.1, 0.15) is 57.9 Å². The van der Waals surface area contributed by atoms with E-state index in [1.54, 1.807) is 0 Å². The maximum absolute atomic E-state index is 12.6. The van der Waals surface area contributed by atoms with Crippen LogP contribution in [0.2, 0.25) is 0 Å². The van der Waals surface area contributed by atoms with Gasteiger partial charge in [0.1, 0.15) is 0 Å². The number of nitrogens with one attached hydrogen (secondary N) is 1. The van der Waals surface area contributed by atoms with Crippen molar-refractivity contribution < 1.29 is 14.3 Å². The predicted molar refractivity (Wildman–Crippen MR) is 110 cm³/mol. The summed E-state index contributed by atoms with van der Waals surface area (Å²) in [6, 6.07) is 9.93. The van der Waals surface area contributed by atoms with E-state index in [2.05, 4.69) is 19.2 Å². The molecule has 1 unspecified atom stereocenters. The fourth-order valence-electron chi connectivity index (χ4n) is 4.19. The van der Waals surface area contributed by atoms with Gasteiger partial charge in [-0.3, -0.25) is 9.59 Å². The molecular formula is C23H34N2O3. The van der Waals surface area contributed by atoms with Crippen molar-refractivity contribution in [2.75, 3.05) is 19.6 Å². The first-order valence-electron chi connectivity index (χ1n) is 10.7. The molecule has 1 N–H and O–H groups in total. The highest BCUT2D eigenvalue weighted by Crippen LogP contribution is 2.38. The van der Waals surface area contributed by atoms with E-state index in [-0.39, 0.29) is 23.5 Å². The van der Waals surface area contributed by atoms with Crippen molar-refractivity contribution in [3.63, 3.8) is 0 Å². The number of ether oxygens (including phenoxy) is 1. The Bertz CT molecular complexity index is 651. The summed E-state index contributed by atoms with van der Waals surface area (Å²) in [6.45, 7) is 6.40. The minimum atomic E-state index is -0.100. The number of benzene rings is 1. The molecular weight excluding hydrogens is 352 g/mol. The summed E-state index contributed by atoms with van der Waals surface area (Å²) in [6.07, 6.45) is 5.90. The molecule has 0 aliphatic carbocycles. The van der Waals surface area contributed by atoms with E-state index in [0.717, 1.165) is 50.8 Å². The van der Waals surface area contributed by atoms with Crippen molar-refractivity contribution in [2.24, 2.45) is 5.92 Å². The normalized spacial score (nSPS) is 21.2. The summed E-state index contributed by atoms with van der Waals surface area (Å²) in [5.41, 5.74) is 0.967. The van der Waals surface area contributed by atoms with Gasteiger partial charge in [-0.1, -0.05) is 44.2 Å². The first kappa shape index (κ1) is 20.8. The highest BCUT2D eigenvalue weighted by Gasteiger charge is 2.43. The molecule has 154 valence electrons. The molecule has 1 spiro atoms. The van der Waals surface area contributed by atoms with Crippen LogP contribution in [0.5, 0.6) is 0 Å². The molecule has 3 rings (SSSR count). The number of carbonyl (C=O) groups excluding carboxylic acids is 2. The Labute approximate surface area is 168 Å². The van der Waals surface area contributed by atoms with Crippen LogP contribution < -0.4 is 5.32 Å². The Kier molecular flexibility index (Phi) is 7.11. The second kappa shape index (κ2) is 9.55. The lowest BCUT2D eigenvalue weighted by atomic mass is 9.88. The van der Waals surface area contributed by atoms with Crippen LogP contribution in [0, 0.1) is 5.92 Å². The molecule has 5 nitrogen and oxygen atoms in total. The summed E-state index contributed by atoms with van der Waals surface area (Å²) in [4.78, 5) is 26.5. The van der Waals surface area contributed by atoms with Crippen molar-refractivity contribution in [3.05, 3.63) is 35.9 Å². The number of piperidine rings is 1. The topological polar surface area (TPSA) is 58.6 Å². The molecule has 2 amide bonds. The van der Waals surface area contributed by atoms with Gasteiger partial charge in [-0.2, -0.15) is 0 Å². The lowest BCUT2D eigenvalue weighted by Gasteiger charge is -2.39. The standard InChI is InChI=1S/C23H34N2O3/c1-18(2)8-9-21(26)24-17-20-10-11-23(28-20)12-14-25(15-13-23)22(27)16-19-6-4-3-5-7-19/h3-7,18,20H,8-17H2,1-2H3,(H,24,26). The number of hydrogen-bond donors (Lipinski definition) is 1. The lowest BCUT2D eigenvalue weighted by Crippen LogP contribution is -2.47. The van der Waals surface area contributed by atoms with E-state index in [0.29, 0.717) is 25.3 Å². The van der Waals surface area contributed by atoms with Gasteiger partial charge in [0.25, 0.3) is 0 Å². The highest BCUT2D eigenvalue weighted by molar-refractivity contribution is 5.79. The summed E-state index contributed by atoms with van der Waals surface area (Å²) in [7, 11) is 0. The van der Waals surface area contributed by atoms with Gasteiger partial charge in [0.05, 0.1) is 18.1 Å².